The average molecular weight is 408 g/mol. The molecular weight excluding hydrogens is 386 g/mol. The molecule has 1 atom stereocenters. The lowest BCUT2D eigenvalue weighted by Crippen LogP contribution is -2.25. The van der Waals surface area contributed by atoms with Crippen LogP contribution in [0, 0.1) is 0 Å². The van der Waals surface area contributed by atoms with Crippen LogP contribution in [0.2, 0.25) is 5.02 Å². The SMILES string of the molecule is Clc1ccc2c(NCCCCNC(c3ccccc3)c3nn[nH]n3)ccnc2c1. The van der Waals surface area contributed by atoms with E-state index < -0.39 is 0 Å². The molecule has 148 valence electrons. The Balaban J connectivity index is 1.28. The number of tetrazole rings is 1. The average Bonchev–Trinajstić information content (AvgIpc) is 3.28. The maximum Gasteiger partial charge on any atom is 0.195 e. The molecule has 4 aromatic rings. The monoisotopic (exact) mass is 407 g/mol. The Morgan fingerprint density at radius 2 is 1.86 bits per heavy atom. The zero-order valence-electron chi connectivity index (χ0n) is 15.8. The van der Waals surface area contributed by atoms with Gasteiger partial charge in [0.1, 0.15) is 0 Å². The molecule has 29 heavy (non-hydrogen) atoms. The lowest BCUT2D eigenvalue weighted by atomic mass is 10.1. The number of hydrogen-bond acceptors (Lipinski definition) is 6. The first-order valence-electron chi connectivity index (χ1n) is 9.61. The molecule has 0 bridgehead atoms. The number of benzene rings is 2. The van der Waals surface area contributed by atoms with Crippen LogP contribution in [0.1, 0.15) is 30.3 Å². The van der Waals surface area contributed by atoms with Gasteiger partial charge in [0.2, 0.25) is 0 Å². The minimum atomic E-state index is -0.0724. The van der Waals surface area contributed by atoms with Crippen molar-refractivity contribution in [2.75, 3.05) is 18.4 Å². The molecule has 8 heteroatoms. The van der Waals surface area contributed by atoms with Crippen LogP contribution in [0.5, 0.6) is 0 Å². The molecule has 2 heterocycles. The highest BCUT2D eigenvalue weighted by atomic mass is 35.5. The number of H-pyrrole nitrogens is 1. The van der Waals surface area contributed by atoms with Crippen molar-refractivity contribution in [3.63, 3.8) is 0 Å². The Labute approximate surface area is 173 Å². The van der Waals surface area contributed by atoms with Gasteiger partial charge in [-0.15, -0.1) is 10.2 Å². The Bertz CT molecular complexity index is 1040. The highest BCUT2D eigenvalue weighted by molar-refractivity contribution is 6.31. The van der Waals surface area contributed by atoms with Gasteiger partial charge in [0.25, 0.3) is 0 Å². The van der Waals surface area contributed by atoms with E-state index in [1.54, 1.807) is 6.20 Å². The molecule has 0 aliphatic rings. The van der Waals surface area contributed by atoms with Crippen LogP contribution in [0.4, 0.5) is 5.69 Å². The molecule has 7 nitrogen and oxygen atoms in total. The number of anilines is 1. The lowest BCUT2D eigenvalue weighted by molar-refractivity contribution is 0.553. The standard InChI is InChI=1S/C21H22ClN7/c22-16-8-9-17-18(10-13-24-19(17)14-16)23-11-4-5-12-25-20(21-26-28-29-27-21)15-6-2-1-3-7-15/h1-3,6-10,13-14,20,25H,4-5,11-12H2,(H,23,24)(H,26,27,28,29). The number of fused-ring (bicyclic) bond motifs is 1. The summed E-state index contributed by atoms with van der Waals surface area (Å²) in [4.78, 5) is 4.38. The maximum atomic E-state index is 6.06. The Kier molecular flexibility index (Phi) is 6.29. The fraction of sp³-hybridized carbons (Fsp3) is 0.238. The van der Waals surface area contributed by atoms with Gasteiger partial charge in [-0.05, 0) is 49.2 Å². The summed E-state index contributed by atoms with van der Waals surface area (Å²) in [6.07, 6.45) is 3.85. The predicted octanol–water partition coefficient (Wildman–Crippen LogP) is 3.97. The molecule has 0 spiro atoms. The third-order valence-electron chi connectivity index (χ3n) is 4.73. The summed E-state index contributed by atoms with van der Waals surface area (Å²) in [6, 6.07) is 17.9. The van der Waals surface area contributed by atoms with Gasteiger partial charge >= 0.3 is 0 Å². The number of rotatable bonds is 9. The highest BCUT2D eigenvalue weighted by Crippen LogP contribution is 2.24. The normalized spacial score (nSPS) is 12.2. The van der Waals surface area contributed by atoms with Crippen LogP contribution in [0.3, 0.4) is 0 Å². The largest absolute Gasteiger partial charge is 0.384 e. The summed E-state index contributed by atoms with van der Waals surface area (Å²) in [7, 11) is 0. The van der Waals surface area contributed by atoms with E-state index in [1.165, 1.54) is 0 Å². The molecule has 0 saturated heterocycles. The first-order valence-corrected chi connectivity index (χ1v) is 9.99. The molecule has 0 saturated carbocycles. The number of halogens is 1. The van der Waals surface area contributed by atoms with Crippen LogP contribution in [0.25, 0.3) is 10.9 Å². The third-order valence-corrected chi connectivity index (χ3v) is 4.96. The van der Waals surface area contributed by atoms with Crippen LogP contribution in [-0.2, 0) is 0 Å². The van der Waals surface area contributed by atoms with Crippen LogP contribution >= 0.6 is 11.6 Å². The van der Waals surface area contributed by atoms with Gasteiger partial charge in [0, 0.05) is 28.8 Å². The molecule has 2 aromatic carbocycles. The summed E-state index contributed by atoms with van der Waals surface area (Å²) >= 11 is 6.06. The molecule has 0 aliphatic carbocycles. The molecule has 0 radical (unpaired) electrons. The minimum Gasteiger partial charge on any atom is -0.384 e. The quantitative estimate of drug-likeness (QED) is 0.363. The van der Waals surface area contributed by atoms with Crippen molar-refractivity contribution in [1.29, 1.82) is 0 Å². The summed E-state index contributed by atoms with van der Waals surface area (Å²) in [6.45, 7) is 1.73. The zero-order valence-corrected chi connectivity index (χ0v) is 16.6. The first-order chi connectivity index (χ1) is 14.3. The summed E-state index contributed by atoms with van der Waals surface area (Å²) in [5.74, 6) is 0.649. The number of aromatic amines is 1. The lowest BCUT2D eigenvalue weighted by Gasteiger charge is -2.16. The number of nitrogens with zero attached hydrogens (tertiary/aromatic N) is 4. The van der Waals surface area contributed by atoms with E-state index in [2.05, 4.69) is 48.4 Å². The summed E-state index contributed by atoms with van der Waals surface area (Å²) < 4.78 is 0. The van der Waals surface area contributed by atoms with Crippen molar-refractivity contribution in [2.24, 2.45) is 0 Å². The highest BCUT2D eigenvalue weighted by Gasteiger charge is 2.17. The fourth-order valence-corrected chi connectivity index (χ4v) is 3.46. The van der Waals surface area contributed by atoms with Crippen molar-refractivity contribution in [2.45, 2.75) is 18.9 Å². The van der Waals surface area contributed by atoms with Crippen molar-refractivity contribution >= 4 is 28.2 Å². The first kappa shape index (κ1) is 19.3. The fourth-order valence-electron chi connectivity index (χ4n) is 3.29. The van der Waals surface area contributed by atoms with Crippen molar-refractivity contribution in [3.05, 3.63) is 77.2 Å². The van der Waals surface area contributed by atoms with E-state index >= 15 is 0 Å². The van der Waals surface area contributed by atoms with E-state index in [0.29, 0.717) is 10.8 Å². The molecular formula is C21H22ClN7. The van der Waals surface area contributed by atoms with E-state index in [0.717, 1.165) is 48.1 Å². The second kappa shape index (κ2) is 9.45. The number of hydrogen-bond donors (Lipinski definition) is 3. The Hall–Kier alpha value is -3.03. The van der Waals surface area contributed by atoms with Gasteiger partial charge in [-0.3, -0.25) is 4.98 Å². The molecule has 2 aromatic heterocycles. The second-order valence-electron chi connectivity index (χ2n) is 6.72. The molecule has 1 unspecified atom stereocenters. The van der Waals surface area contributed by atoms with Crippen LogP contribution < -0.4 is 10.6 Å². The third kappa shape index (κ3) is 4.88. The number of aromatic nitrogens is 5. The number of nitrogens with one attached hydrogen (secondary N) is 3. The maximum absolute atomic E-state index is 6.06. The summed E-state index contributed by atoms with van der Waals surface area (Å²) in [5, 5.41) is 23.3. The van der Waals surface area contributed by atoms with Gasteiger partial charge in [-0.1, -0.05) is 47.1 Å². The van der Waals surface area contributed by atoms with Gasteiger partial charge in [0.05, 0.1) is 11.6 Å². The van der Waals surface area contributed by atoms with Crippen LogP contribution in [-0.4, -0.2) is 38.7 Å². The molecule has 0 fully saturated rings. The topological polar surface area (TPSA) is 91.4 Å². The van der Waals surface area contributed by atoms with Gasteiger partial charge in [0.15, 0.2) is 5.82 Å². The predicted molar refractivity (Wildman–Crippen MR) is 115 cm³/mol. The number of unbranched alkanes of at least 4 members (excludes halogenated alkanes) is 1. The molecule has 4 rings (SSSR count). The van der Waals surface area contributed by atoms with E-state index in [1.807, 2.05) is 42.5 Å². The van der Waals surface area contributed by atoms with Gasteiger partial charge in [-0.2, -0.15) is 5.21 Å². The molecule has 3 N–H and O–H groups in total. The van der Waals surface area contributed by atoms with E-state index in [9.17, 15) is 0 Å². The van der Waals surface area contributed by atoms with Gasteiger partial charge < -0.3 is 10.6 Å². The second-order valence-corrected chi connectivity index (χ2v) is 7.16. The minimum absolute atomic E-state index is 0.0724. The Morgan fingerprint density at radius 1 is 1.00 bits per heavy atom. The molecule has 0 aliphatic heterocycles. The van der Waals surface area contributed by atoms with E-state index in [4.69, 9.17) is 11.6 Å². The van der Waals surface area contributed by atoms with Crippen molar-refractivity contribution < 1.29 is 0 Å². The Morgan fingerprint density at radius 3 is 2.69 bits per heavy atom. The van der Waals surface area contributed by atoms with Gasteiger partial charge in [-0.25, -0.2) is 0 Å². The number of pyridine rings is 1. The zero-order chi connectivity index (χ0) is 19.9. The summed E-state index contributed by atoms with van der Waals surface area (Å²) in [5.41, 5.74) is 3.09. The van der Waals surface area contributed by atoms with E-state index in [-0.39, 0.29) is 6.04 Å². The molecule has 0 amide bonds. The van der Waals surface area contributed by atoms with Crippen molar-refractivity contribution in [3.8, 4) is 0 Å². The smallest absolute Gasteiger partial charge is 0.195 e. The van der Waals surface area contributed by atoms with Crippen LogP contribution in [0.15, 0.2) is 60.8 Å². The van der Waals surface area contributed by atoms with Crippen molar-refractivity contribution in [1.82, 2.24) is 30.9 Å².